The first-order valence-electron chi connectivity index (χ1n) is 18.4. The van der Waals surface area contributed by atoms with Crippen molar-refractivity contribution in [1.82, 2.24) is 4.90 Å². The molecule has 5 fully saturated rings. The van der Waals surface area contributed by atoms with Crippen LogP contribution in [0.15, 0.2) is 30.3 Å². The van der Waals surface area contributed by atoms with Gasteiger partial charge in [-0.25, -0.2) is 0 Å². The van der Waals surface area contributed by atoms with Gasteiger partial charge in [0, 0.05) is 37.6 Å². The van der Waals surface area contributed by atoms with E-state index >= 15 is 0 Å². The van der Waals surface area contributed by atoms with Crippen LogP contribution in [0.2, 0.25) is 0 Å². The van der Waals surface area contributed by atoms with Gasteiger partial charge in [-0.2, -0.15) is 0 Å². The van der Waals surface area contributed by atoms with Crippen molar-refractivity contribution in [1.29, 1.82) is 0 Å². The van der Waals surface area contributed by atoms with Crippen LogP contribution in [0.3, 0.4) is 0 Å². The van der Waals surface area contributed by atoms with Gasteiger partial charge in [0.05, 0.1) is 38.1 Å². The molecule has 6 N–H and O–H groups in total. The number of nitrogens with zero attached hydrogens (tertiary/aromatic N) is 1. The minimum Gasteiger partial charge on any atom is -0.377 e. The molecule has 0 radical (unpaired) electrons. The Morgan fingerprint density at radius 2 is 1.44 bits per heavy atom. The van der Waals surface area contributed by atoms with E-state index in [2.05, 4.69) is 63.1 Å². The third kappa shape index (κ3) is 5.95. The molecule has 0 heterocycles. The van der Waals surface area contributed by atoms with Gasteiger partial charge in [-0.15, -0.1) is 0 Å². The van der Waals surface area contributed by atoms with Crippen molar-refractivity contribution in [3.63, 3.8) is 0 Å². The Hall–Kier alpha value is -1.06. The summed E-state index contributed by atoms with van der Waals surface area (Å²) < 4.78 is 20.0. The Bertz CT molecular complexity index is 1110. The number of hydrogen-bond acceptors (Lipinski definition) is 7. The molecule has 12 atom stereocenters. The van der Waals surface area contributed by atoms with Crippen LogP contribution < -0.4 is 17.2 Å². The summed E-state index contributed by atoms with van der Waals surface area (Å²) in [5.74, 6) is 2.94. The molecule has 5 aliphatic rings. The first-order chi connectivity index (χ1) is 21.7. The summed E-state index contributed by atoms with van der Waals surface area (Å²) in [6, 6.07) is 11.6. The largest absolute Gasteiger partial charge is 0.377 e. The van der Waals surface area contributed by atoms with Crippen molar-refractivity contribution >= 4 is 0 Å². The number of nitrogens with two attached hydrogens (primary N) is 3. The molecule has 0 bridgehead atoms. The lowest BCUT2D eigenvalue weighted by atomic mass is 9.41. The standard InChI is InChI=1S/C38H64N4O3/c1-36-14-12-28(43-19-16-39)22-27(36)23-31(44-20-17-40)35-29-10-11-32(38(29,3)34(24-30(35)36)45-21-18-41)37(2)15-13-33(37)42(4)25-26-8-6-5-7-9-26/h5-9,27-35H,10-25,39-41H2,1-4H3/t27?,28-,29-,30-,31?,32+,33?,34-,35?,36-,37+,38-/m0/s1. The van der Waals surface area contributed by atoms with E-state index in [9.17, 15) is 0 Å². The fourth-order valence-electron chi connectivity index (χ4n) is 12.2. The van der Waals surface area contributed by atoms with Gasteiger partial charge >= 0.3 is 0 Å². The van der Waals surface area contributed by atoms with E-state index in [-0.39, 0.29) is 28.5 Å². The predicted octanol–water partition coefficient (Wildman–Crippen LogP) is 5.20. The lowest BCUT2D eigenvalue weighted by molar-refractivity contribution is -0.237. The van der Waals surface area contributed by atoms with Crippen molar-refractivity contribution in [3.8, 4) is 0 Å². The lowest BCUT2D eigenvalue weighted by Gasteiger charge is -2.66. The number of rotatable bonds is 13. The zero-order chi connectivity index (χ0) is 31.8. The van der Waals surface area contributed by atoms with E-state index < -0.39 is 0 Å². The fourth-order valence-corrected chi connectivity index (χ4v) is 12.2. The number of fused-ring (bicyclic) bond motifs is 5. The molecule has 0 aromatic heterocycles. The minimum atomic E-state index is 0.103. The maximum atomic E-state index is 6.96. The van der Waals surface area contributed by atoms with Crippen LogP contribution in [0.5, 0.6) is 0 Å². The lowest BCUT2D eigenvalue weighted by Crippen LogP contribution is -2.66. The van der Waals surface area contributed by atoms with Gasteiger partial charge in [0.1, 0.15) is 0 Å². The molecule has 0 saturated heterocycles. The summed E-state index contributed by atoms with van der Waals surface area (Å²) in [6.07, 6.45) is 11.7. The summed E-state index contributed by atoms with van der Waals surface area (Å²) in [6.45, 7) is 12.6. The Balaban J connectivity index is 1.30. The Kier molecular flexibility index (Phi) is 10.4. The minimum absolute atomic E-state index is 0.103. The highest BCUT2D eigenvalue weighted by Gasteiger charge is 2.69. The fraction of sp³-hybridized carbons (Fsp3) is 0.842. The Morgan fingerprint density at radius 3 is 2.13 bits per heavy atom. The van der Waals surface area contributed by atoms with E-state index in [1.54, 1.807) is 0 Å². The normalized spacial score (nSPS) is 44.2. The summed E-state index contributed by atoms with van der Waals surface area (Å²) >= 11 is 0. The highest BCUT2D eigenvalue weighted by molar-refractivity contribution is 5.20. The van der Waals surface area contributed by atoms with Crippen molar-refractivity contribution in [2.75, 3.05) is 46.5 Å². The second-order valence-corrected chi connectivity index (χ2v) is 16.3. The van der Waals surface area contributed by atoms with Crippen LogP contribution in [0.25, 0.3) is 0 Å². The second-order valence-electron chi connectivity index (χ2n) is 16.3. The zero-order valence-electron chi connectivity index (χ0n) is 28.8. The molecule has 1 aromatic carbocycles. The molecular weight excluding hydrogens is 560 g/mol. The van der Waals surface area contributed by atoms with E-state index in [1.807, 2.05) is 0 Å². The van der Waals surface area contributed by atoms with Crippen LogP contribution in [-0.4, -0.2) is 75.8 Å². The predicted molar refractivity (Wildman–Crippen MR) is 181 cm³/mol. The van der Waals surface area contributed by atoms with Crippen LogP contribution >= 0.6 is 0 Å². The smallest absolute Gasteiger partial charge is 0.0637 e. The second kappa shape index (κ2) is 13.8. The van der Waals surface area contributed by atoms with Crippen LogP contribution in [-0.2, 0) is 20.8 Å². The third-order valence-electron chi connectivity index (χ3n) is 14.4. The summed E-state index contributed by atoms with van der Waals surface area (Å²) in [7, 11) is 2.36. The van der Waals surface area contributed by atoms with Crippen molar-refractivity contribution < 1.29 is 14.2 Å². The molecule has 254 valence electrons. The highest BCUT2D eigenvalue weighted by Crippen LogP contribution is 2.72. The molecule has 7 nitrogen and oxygen atoms in total. The quantitative estimate of drug-likeness (QED) is 0.277. The molecule has 5 aliphatic carbocycles. The van der Waals surface area contributed by atoms with E-state index in [4.69, 9.17) is 31.4 Å². The first-order valence-corrected chi connectivity index (χ1v) is 18.4. The van der Waals surface area contributed by atoms with Gasteiger partial charge in [0.25, 0.3) is 0 Å². The third-order valence-corrected chi connectivity index (χ3v) is 14.4. The molecule has 1 aromatic rings. The molecule has 5 saturated carbocycles. The molecule has 6 rings (SSSR count). The maximum Gasteiger partial charge on any atom is 0.0637 e. The van der Waals surface area contributed by atoms with E-state index in [0.29, 0.717) is 81.2 Å². The number of hydrogen-bond donors (Lipinski definition) is 3. The van der Waals surface area contributed by atoms with Crippen LogP contribution in [0.1, 0.15) is 84.1 Å². The average molecular weight is 625 g/mol. The van der Waals surface area contributed by atoms with Gasteiger partial charge in [-0.3, -0.25) is 4.90 Å². The van der Waals surface area contributed by atoms with E-state index in [1.165, 1.54) is 37.7 Å². The summed E-state index contributed by atoms with van der Waals surface area (Å²) in [4.78, 5) is 2.65. The molecule has 0 amide bonds. The van der Waals surface area contributed by atoms with Crippen molar-refractivity contribution in [2.24, 2.45) is 63.0 Å². The SMILES string of the molecule is CN(Cc1ccccc1)C1CC[C@]1(C)[C@H]1CC[C@H]2C3C(OCCN)CC4C[C@@H](OCCN)CC[C@]4(C)[C@H]3C[C@H](OCCN)[C@@]21C. The molecule has 0 spiro atoms. The number of benzene rings is 1. The summed E-state index contributed by atoms with van der Waals surface area (Å²) in [5, 5.41) is 0. The van der Waals surface area contributed by atoms with Gasteiger partial charge in [0.2, 0.25) is 0 Å². The van der Waals surface area contributed by atoms with Gasteiger partial charge in [-0.05, 0) is 111 Å². The Morgan fingerprint density at radius 1 is 0.756 bits per heavy atom. The molecule has 4 unspecified atom stereocenters. The van der Waals surface area contributed by atoms with Gasteiger partial charge in [-0.1, -0.05) is 51.1 Å². The maximum absolute atomic E-state index is 6.96. The first kappa shape index (κ1) is 33.8. The summed E-state index contributed by atoms with van der Waals surface area (Å²) in [5.41, 5.74) is 20.1. The van der Waals surface area contributed by atoms with Gasteiger partial charge in [0.15, 0.2) is 0 Å². The highest BCUT2D eigenvalue weighted by atomic mass is 16.5. The van der Waals surface area contributed by atoms with Crippen molar-refractivity contribution in [3.05, 3.63) is 35.9 Å². The van der Waals surface area contributed by atoms with Crippen molar-refractivity contribution in [2.45, 2.75) is 109 Å². The monoisotopic (exact) mass is 624 g/mol. The van der Waals surface area contributed by atoms with Crippen LogP contribution in [0.4, 0.5) is 0 Å². The zero-order valence-corrected chi connectivity index (χ0v) is 28.8. The molecule has 7 heteroatoms. The van der Waals surface area contributed by atoms with E-state index in [0.717, 1.165) is 32.2 Å². The van der Waals surface area contributed by atoms with Crippen LogP contribution in [0, 0.1) is 45.8 Å². The van der Waals surface area contributed by atoms with Gasteiger partial charge < -0.3 is 31.4 Å². The molecule has 0 aliphatic heterocycles. The topological polar surface area (TPSA) is 109 Å². The average Bonchev–Trinajstić information content (AvgIpc) is 3.39. The number of ether oxygens (including phenoxy) is 3. The Labute approximate surface area is 273 Å². The molecular formula is C38H64N4O3. The molecule has 45 heavy (non-hydrogen) atoms.